The molecule has 2 aromatic carbocycles. The first kappa shape index (κ1) is 17.2. The summed E-state index contributed by atoms with van der Waals surface area (Å²) in [7, 11) is 1.50. The molecule has 0 atom stereocenters. The third kappa shape index (κ3) is 3.75. The van der Waals surface area contributed by atoms with E-state index < -0.39 is 0 Å². The minimum atomic E-state index is -0.321. The molecule has 0 saturated heterocycles. The number of rotatable bonds is 5. The van der Waals surface area contributed by atoms with Crippen molar-refractivity contribution >= 4 is 35.0 Å². The van der Waals surface area contributed by atoms with Gasteiger partial charge >= 0.3 is 0 Å². The van der Waals surface area contributed by atoms with E-state index in [0.29, 0.717) is 27.2 Å². The van der Waals surface area contributed by atoms with Gasteiger partial charge < -0.3 is 10.1 Å². The van der Waals surface area contributed by atoms with Crippen LogP contribution < -0.4 is 10.1 Å². The minimum absolute atomic E-state index is 0.321. The Morgan fingerprint density at radius 3 is 2.88 bits per heavy atom. The Bertz CT molecular complexity index is 915. The summed E-state index contributed by atoms with van der Waals surface area (Å²) < 4.78 is 6.82. The van der Waals surface area contributed by atoms with Gasteiger partial charge in [0.2, 0.25) is 5.16 Å². The second-order valence-corrected chi connectivity index (χ2v) is 6.14. The maximum atomic E-state index is 12.6. The SMILES string of the molecule is COc1ccc(Cl)cc1C(=O)Nc1cccc(-n2nnnc2SC)c1. The van der Waals surface area contributed by atoms with Crippen molar-refractivity contribution in [3.63, 3.8) is 0 Å². The van der Waals surface area contributed by atoms with E-state index in [1.54, 1.807) is 35.0 Å². The lowest BCUT2D eigenvalue weighted by Crippen LogP contribution is -2.13. The Labute approximate surface area is 153 Å². The lowest BCUT2D eigenvalue weighted by Gasteiger charge is -2.11. The molecule has 0 aliphatic rings. The van der Waals surface area contributed by atoms with Crippen LogP contribution in [0.15, 0.2) is 47.6 Å². The Hall–Kier alpha value is -2.58. The summed E-state index contributed by atoms with van der Waals surface area (Å²) in [5.41, 5.74) is 1.70. The fourth-order valence-corrected chi connectivity index (χ4v) is 2.84. The number of methoxy groups -OCH3 is 1. The van der Waals surface area contributed by atoms with E-state index in [2.05, 4.69) is 20.8 Å². The Morgan fingerprint density at radius 1 is 1.28 bits per heavy atom. The highest BCUT2D eigenvalue weighted by Gasteiger charge is 2.14. The lowest BCUT2D eigenvalue weighted by molar-refractivity contribution is 0.102. The normalized spacial score (nSPS) is 10.5. The molecular formula is C16H14ClN5O2S. The number of ether oxygens (including phenoxy) is 1. The highest BCUT2D eigenvalue weighted by molar-refractivity contribution is 7.98. The molecule has 0 fully saturated rings. The summed E-state index contributed by atoms with van der Waals surface area (Å²) in [6, 6.07) is 12.1. The molecule has 128 valence electrons. The van der Waals surface area contributed by atoms with E-state index in [4.69, 9.17) is 16.3 Å². The first-order valence-corrected chi connectivity index (χ1v) is 8.80. The molecule has 7 nitrogen and oxygen atoms in total. The fourth-order valence-electron chi connectivity index (χ4n) is 2.24. The second-order valence-electron chi connectivity index (χ2n) is 4.93. The topological polar surface area (TPSA) is 81.9 Å². The summed E-state index contributed by atoms with van der Waals surface area (Å²) in [5.74, 6) is 0.126. The van der Waals surface area contributed by atoms with Crippen LogP contribution in [-0.2, 0) is 0 Å². The largest absolute Gasteiger partial charge is 0.496 e. The van der Waals surface area contributed by atoms with Crippen molar-refractivity contribution in [2.24, 2.45) is 0 Å². The number of nitrogens with zero attached hydrogens (tertiary/aromatic N) is 4. The Kier molecular flexibility index (Phi) is 5.20. The van der Waals surface area contributed by atoms with Crippen molar-refractivity contribution in [2.45, 2.75) is 5.16 Å². The minimum Gasteiger partial charge on any atom is -0.496 e. The molecule has 0 saturated carbocycles. The molecule has 3 aromatic rings. The standard InChI is InChI=1S/C16H14ClN5O2S/c1-24-14-7-6-10(17)8-13(14)15(23)18-11-4-3-5-12(9-11)22-16(25-2)19-20-21-22/h3-9H,1-2H3,(H,18,23). The molecule has 0 aliphatic heterocycles. The van der Waals surface area contributed by atoms with Gasteiger partial charge in [-0.2, -0.15) is 4.68 Å². The van der Waals surface area contributed by atoms with Gasteiger partial charge in [-0.15, -0.1) is 5.10 Å². The van der Waals surface area contributed by atoms with E-state index in [0.717, 1.165) is 5.69 Å². The van der Waals surface area contributed by atoms with E-state index in [-0.39, 0.29) is 5.91 Å². The van der Waals surface area contributed by atoms with Gasteiger partial charge in [0, 0.05) is 10.7 Å². The smallest absolute Gasteiger partial charge is 0.259 e. The molecule has 0 aliphatic carbocycles. The Balaban J connectivity index is 1.88. The quantitative estimate of drug-likeness (QED) is 0.689. The number of anilines is 1. The number of nitrogens with one attached hydrogen (secondary N) is 1. The Morgan fingerprint density at radius 2 is 2.12 bits per heavy atom. The molecular weight excluding hydrogens is 362 g/mol. The second kappa shape index (κ2) is 7.54. The number of tetrazole rings is 1. The average molecular weight is 376 g/mol. The van der Waals surface area contributed by atoms with Crippen LogP contribution >= 0.6 is 23.4 Å². The zero-order chi connectivity index (χ0) is 17.8. The number of hydrogen-bond acceptors (Lipinski definition) is 6. The first-order chi connectivity index (χ1) is 12.1. The molecule has 0 spiro atoms. The first-order valence-electron chi connectivity index (χ1n) is 7.20. The van der Waals surface area contributed by atoms with Crippen LogP contribution in [0.3, 0.4) is 0 Å². The van der Waals surface area contributed by atoms with Crippen molar-refractivity contribution in [2.75, 3.05) is 18.7 Å². The number of carbonyl (C=O) groups is 1. The molecule has 1 aromatic heterocycles. The van der Waals surface area contributed by atoms with Crippen molar-refractivity contribution in [1.82, 2.24) is 20.2 Å². The number of thioether (sulfide) groups is 1. The van der Waals surface area contributed by atoms with Gasteiger partial charge in [0.05, 0.1) is 18.4 Å². The predicted molar refractivity (Wildman–Crippen MR) is 96.9 cm³/mol. The molecule has 0 bridgehead atoms. The summed E-state index contributed by atoms with van der Waals surface area (Å²) in [6.45, 7) is 0. The lowest BCUT2D eigenvalue weighted by atomic mass is 10.1. The van der Waals surface area contributed by atoms with Crippen molar-refractivity contribution in [1.29, 1.82) is 0 Å². The molecule has 9 heteroatoms. The van der Waals surface area contributed by atoms with Crippen molar-refractivity contribution in [3.05, 3.63) is 53.1 Å². The summed E-state index contributed by atoms with van der Waals surface area (Å²) in [6.07, 6.45) is 1.89. The van der Waals surface area contributed by atoms with Crippen LogP contribution in [0.5, 0.6) is 5.75 Å². The number of carbonyl (C=O) groups excluding carboxylic acids is 1. The third-order valence-corrected chi connectivity index (χ3v) is 4.23. The van der Waals surface area contributed by atoms with Gasteiger partial charge in [0.1, 0.15) is 5.75 Å². The van der Waals surface area contributed by atoms with Crippen LogP contribution in [0, 0.1) is 0 Å². The molecule has 1 N–H and O–H groups in total. The highest BCUT2D eigenvalue weighted by atomic mass is 35.5. The molecule has 0 unspecified atom stereocenters. The van der Waals surface area contributed by atoms with Crippen molar-refractivity contribution in [3.8, 4) is 11.4 Å². The van der Waals surface area contributed by atoms with Crippen molar-refractivity contribution < 1.29 is 9.53 Å². The van der Waals surface area contributed by atoms with E-state index in [1.807, 2.05) is 18.4 Å². The van der Waals surface area contributed by atoms with Crippen LogP contribution in [-0.4, -0.2) is 39.5 Å². The molecule has 25 heavy (non-hydrogen) atoms. The predicted octanol–water partition coefficient (Wildman–Crippen LogP) is 3.30. The number of aromatic nitrogens is 4. The number of halogens is 1. The maximum absolute atomic E-state index is 12.6. The number of benzene rings is 2. The highest BCUT2D eigenvalue weighted by Crippen LogP contribution is 2.24. The van der Waals surface area contributed by atoms with E-state index in [1.165, 1.54) is 18.9 Å². The van der Waals surface area contributed by atoms with Gasteiger partial charge in [-0.25, -0.2) is 0 Å². The van der Waals surface area contributed by atoms with Gasteiger partial charge in [0.15, 0.2) is 0 Å². The fraction of sp³-hybridized carbons (Fsp3) is 0.125. The maximum Gasteiger partial charge on any atom is 0.259 e. The van der Waals surface area contributed by atoms with Crippen LogP contribution in [0.1, 0.15) is 10.4 Å². The van der Waals surface area contributed by atoms with Crippen LogP contribution in [0.4, 0.5) is 5.69 Å². The zero-order valence-electron chi connectivity index (χ0n) is 13.4. The molecule has 1 heterocycles. The third-order valence-electron chi connectivity index (χ3n) is 3.38. The molecule has 3 rings (SSSR count). The monoisotopic (exact) mass is 375 g/mol. The summed E-state index contributed by atoms with van der Waals surface area (Å²) in [5, 5.41) is 15.5. The summed E-state index contributed by atoms with van der Waals surface area (Å²) >= 11 is 7.41. The average Bonchev–Trinajstić information content (AvgIpc) is 3.10. The van der Waals surface area contributed by atoms with Crippen LogP contribution in [0.25, 0.3) is 5.69 Å². The van der Waals surface area contributed by atoms with Gasteiger partial charge in [-0.3, -0.25) is 4.79 Å². The van der Waals surface area contributed by atoms with E-state index in [9.17, 15) is 4.79 Å². The molecule has 0 radical (unpaired) electrons. The van der Waals surface area contributed by atoms with E-state index >= 15 is 0 Å². The van der Waals surface area contributed by atoms with Gasteiger partial charge in [-0.1, -0.05) is 29.4 Å². The number of hydrogen-bond donors (Lipinski definition) is 1. The zero-order valence-corrected chi connectivity index (χ0v) is 15.0. The molecule has 1 amide bonds. The number of amides is 1. The summed E-state index contributed by atoms with van der Waals surface area (Å²) in [4.78, 5) is 12.6. The van der Waals surface area contributed by atoms with Gasteiger partial charge in [0.25, 0.3) is 5.91 Å². The van der Waals surface area contributed by atoms with Gasteiger partial charge in [-0.05, 0) is 53.1 Å². The van der Waals surface area contributed by atoms with Crippen LogP contribution in [0.2, 0.25) is 5.02 Å².